The van der Waals surface area contributed by atoms with Crippen LogP contribution in [0.25, 0.3) is 10.4 Å². The Balaban J connectivity index is 1.75. The molecule has 1 N–H and O–H groups in total. The highest BCUT2D eigenvalue weighted by atomic mass is 32.2. The first-order valence-electron chi connectivity index (χ1n) is 8.96. The molecule has 0 aliphatic carbocycles. The molecule has 1 saturated heterocycles. The van der Waals surface area contributed by atoms with Gasteiger partial charge in [-0.05, 0) is 30.2 Å². The normalized spacial score (nSPS) is 27.2. The Labute approximate surface area is 167 Å². The highest BCUT2D eigenvalue weighted by molar-refractivity contribution is 7.99. The zero-order valence-corrected chi connectivity index (χ0v) is 16.2. The van der Waals surface area contributed by atoms with E-state index in [1.807, 2.05) is 61.5 Å². The van der Waals surface area contributed by atoms with Crippen LogP contribution in [0.15, 0.2) is 64.6 Å². The monoisotopic (exact) mass is 403 g/mol. The second-order valence-electron chi connectivity index (χ2n) is 6.56. The maximum atomic E-state index is 15.3. The van der Waals surface area contributed by atoms with Gasteiger partial charge >= 0.3 is 0 Å². The van der Waals surface area contributed by atoms with Crippen LogP contribution in [0.1, 0.15) is 11.1 Å². The predicted molar refractivity (Wildman–Crippen MR) is 106 cm³/mol. The molecular weight excluding hydrogens is 381 g/mol. The first-order valence-corrected chi connectivity index (χ1v) is 9.84. The van der Waals surface area contributed by atoms with E-state index >= 15 is 4.39 Å². The number of hydrogen-bond donors (Lipinski definition) is 1. The number of halogens is 1. The van der Waals surface area contributed by atoms with E-state index in [4.69, 9.17) is 15.0 Å². The Morgan fingerprint density at radius 3 is 2.57 bits per heavy atom. The van der Waals surface area contributed by atoms with Crippen molar-refractivity contribution in [2.24, 2.45) is 5.11 Å². The smallest absolute Gasteiger partial charge is 0.141 e. The lowest BCUT2D eigenvalue weighted by Crippen LogP contribution is -2.56. The van der Waals surface area contributed by atoms with E-state index < -0.39 is 36.5 Å². The SMILES string of the molecule is Cc1ccc(S[C@@H]2O[C@H](CO)[C@@H](OCc3ccccc3)[C@H](F)C2N=[N+]=[N-])cc1. The summed E-state index contributed by atoms with van der Waals surface area (Å²) in [7, 11) is 0. The summed E-state index contributed by atoms with van der Waals surface area (Å²) in [5, 5.41) is 13.4. The van der Waals surface area contributed by atoms with E-state index in [0.29, 0.717) is 0 Å². The number of hydrogen-bond acceptors (Lipinski definition) is 5. The Morgan fingerprint density at radius 2 is 1.93 bits per heavy atom. The Bertz CT molecular complexity index is 802. The summed E-state index contributed by atoms with van der Waals surface area (Å²) in [5.74, 6) is 0. The minimum absolute atomic E-state index is 0.171. The van der Waals surface area contributed by atoms with Crippen LogP contribution in [-0.2, 0) is 16.1 Å². The predicted octanol–water partition coefficient (Wildman–Crippen LogP) is 4.41. The van der Waals surface area contributed by atoms with Crippen molar-refractivity contribution < 1.29 is 19.0 Å². The first-order chi connectivity index (χ1) is 13.6. The zero-order chi connectivity index (χ0) is 19.9. The van der Waals surface area contributed by atoms with Gasteiger partial charge in [0.15, 0.2) is 0 Å². The quantitative estimate of drug-likeness (QED) is 0.421. The number of nitrogens with zero attached hydrogens (tertiary/aromatic N) is 3. The molecule has 6 nitrogen and oxygen atoms in total. The molecule has 1 fully saturated rings. The minimum atomic E-state index is -1.60. The third kappa shape index (κ3) is 5.04. The largest absolute Gasteiger partial charge is 0.394 e. The Hall–Kier alpha value is -2.09. The summed E-state index contributed by atoms with van der Waals surface area (Å²) in [6.45, 7) is 1.75. The summed E-state index contributed by atoms with van der Waals surface area (Å²) in [4.78, 5) is 3.66. The van der Waals surface area contributed by atoms with Crippen LogP contribution in [0.3, 0.4) is 0 Å². The average Bonchev–Trinajstić information content (AvgIpc) is 2.72. The van der Waals surface area contributed by atoms with Crippen LogP contribution in [0.4, 0.5) is 4.39 Å². The Kier molecular flexibility index (Phi) is 7.30. The number of azide groups is 1. The van der Waals surface area contributed by atoms with E-state index in [-0.39, 0.29) is 6.61 Å². The molecule has 1 aliphatic rings. The summed E-state index contributed by atoms with van der Waals surface area (Å²) < 4.78 is 26.9. The topological polar surface area (TPSA) is 87.5 Å². The van der Waals surface area contributed by atoms with Gasteiger partial charge in [0.1, 0.15) is 29.9 Å². The molecule has 1 unspecified atom stereocenters. The molecule has 148 valence electrons. The van der Waals surface area contributed by atoms with Crippen molar-refractivity contribution in [2.75, 3.05) is 6.61 Å². The standard InChI is InChI=1S/C20H22FN3O3S/c1-13-7-9-15(10-8-13)28-20-18(23-24-22)17(21)19(16(11-25)27-20)26-12-14-5-3-2-4-6-14/h2-10,16-20,25H,11-12H2,1H3/t16-,17-,18?,19-,20+/m1/s1. The van der Waals surface area contributed by atoms with Gasteiger partial charge in [-0.15, -0.1) is 0 Å². The molecule has 0 radical (unpaired) electrons. The molecule has 0 bridgehead atoms. The van der Waals surface area contributed by atoms with E-state index in [0.717, 1.165) is 16.0 Å². The average molecular weight is 403 g/mol. The third-order valence-electron chi connectivity index (χ3n) is 4.52. The van der Waals surface area contributed by atoms with Crippen molar-refractivity contribution in [3.63, 3.8) is 0 Å². The van der Waals surface area contributed by atoms with Gasteiger partial charge in [-0.25, -0.2) is 4.39 Å². The number of alkyl halides is 1. The maximum absolute atomic E-state index is 15.3. The van der Waals surface area contributed by atoms with Crippen molar-refractivity contribution in [2.45, 2.75) is 48.3 Å². The molecular formula is C20H22FN3O3S. The lowest BCUT2D eigenvalue weighted by atomic mass is 9.99. The van der Waals surface area contributed by atoms with Crippen molar-refractivity contribution >= 4 is 11.8 Å². The second kappa shape index (κ2) is 9.91. The molecule has 1 heterocycles. The number of ether oxygens (including phenoxy) is 2. The van der Waals surface area contributed by atoms with Gasteiger partial charge in [0.2, 0.25) is 0 Å². The molecule has 0 saturated carbocycles. The van der Waals surface area contributed by atoms with Gasteiger partial charge in [-0.3, -0.25) is 0 Å². The molecule has 2 aromatic carbocycles. The number of benzene rings is 2. The molecule has 0 aromatic heterocycles. The van der Waals surface area contributed by atoms with Crippen LogP contribution in [-0.4, -0.2) is 41.6 Å². The van der Waals surface area contributed by atoms with Crippen LogP contribution in [0.2, 0.25) is 0 Å². The highest BCUT2D eigenvalue weighted by Crippen LogP contribution is 2.37. The summed E-state index contributed by atoms with van der Waals surface area (Å²) in [5.41, 5.74) is 10.1. The van der Waals surface area contributed by atoms with E-state index in [9.17, 15) is 5.11 Å². The summed E-state index contributed by atoms with van der Waals surface area (Å²) >= 11 is 1.27. The van der Waals surface area contributed by atoms with Gasteiger partial charge in [-0.1, -0.05) is 64.9 Å². The van der Waals surface area contributed by atoms with Gasteiger partial charge in [0.05, 0.1) is 13.2 Å². The molecule has 28 heavy (non-hydrogen) atoms. The fraction of sp³-hybridized carbons (Fsp3) is 0.400. The van der Waals surface area contributed by atoms with Crippen molar-refractivity contribution in [3.8, 4) is 0 Å². The summed E-state index contributed by atoms with van der Waals surface area (Å²) in [6, 6.07) is 16.0. The molecule has 0 amide bonds. The molecule has 5 atom stereocenters. The lowest BCUT2D eigenvalue weighted by Gasteiger charge is -2.41. The van der Waals surface area contributed by atoms with Crippen molar-refractivity contribution in [1.29, 1.82) is 0 Å². The number of aryl methyl sites for hydroxylation is 1. The van der Waals surface area contributed by atoms with Gasteiger partial charge in [-0.2, -0.15) is 0 Å². The lowest BCUT2D eigenvalue weighted by molar-refractivity contribution is -0.172. The van der Waals surface area contributed by atoms with Crippen LogP contribution < -0.4 is 0 Å². The number of rotatable bonds is 7. The fourth-order valence-electron chi connectivity index (χ4n) is 3.02. The fourth-order valence-corrected chi connectivity index (χ4v) is 4.12. The number of aliphatic hydroxyl groups is 1. The molecule has 0 spiro atoms. The van der Waals surface area contributed by atoms with Crippen molar-refractivity contribution in [1.82, 2.24) is 0 Å². The number of thioether (sulfide) groups is 1. The van der Waals surface area contributed by atoms with E-state index in [2.05, 4.69) is 10.0 Å². The van der Waals surface area contributed by atoms with Gasteiger partial charge < -0.3 is 14.6 Å². The van der Waals surface area contributed by atoms with Gasteiger partial charge in [0.25, 0.3) is 0 Å². The maximum Gasteiger partial charge on any atom is 0.141 e. The van der Waals surface area contributed by atoms with Crippen LogP contribution in [0, 0.1) is 6.92 Å². The molecule has 1 aliphatic heterocycles. The Morgan fingerprint density at radius 1 is 1.21 bits per heavy atom. The minimum Gasteiger partial charge on any atom is -0.394 e. The van der Waals surface area contributed by atoms with Crippen LogP contribution in [0.5, 0.6) is 0 Å². The highest BCUT2D eigenvalue weighted by Gasteiger charge is 2.47. The zero-order valence-electron chi connectivity index (χ0n) is 15.4. The second-order valence-corrected chi connectivity index (χ2v) is 7.73. The van der Waals surface area contributed by atoms with Crippen molar-refractivity contribution in [3.05, 3.63) is 76.2 Å². The summed E-state index contributed by atoms with van der Waals surface area (Å²) in [6.07, 6.45) is -3.49. The van der Waals surface area contributed by atoms with E-state index in [1.165, 1.54) is 11.8 Å². The van der Waals surface area contributed by atoms with E-state index in [1.54, 1.807) is 0 Å². The van der Waals surface area contributed by atoms with Crippen LogP contribution >= 0.6 is 11.8 Å². The first kappa shape index (κ1) is 20.6. The molecule has 2 aromatic rings. The molecule has 8 heteroatoms. The number of aliphatic hydroxyl groups excluding tert-OH is 1. The molecule has 3 rings (SSSR count). The third-order valence-corrected chi connectivity index (χ3v) is 5.68. The van der Waals surface area contributed by atoms with Gasteiger partial charge in [0, 0.05) is 9.81 Å².